The van der Waals surface area contributed by atoms with Gasteiger partial charge in [0.2, 0.25) is 0 Å². The molecule has 1 aliphatic rings. The molecule has 0 aliphatic carbocycles. The summed E-state index contributed by atoms with van der Waals surface area (Å²) < 4.78 is 11.8. The second kappa shape index (κ2) is 6.71. The average molecular weight is 329 g/mol. The lowest BCUT2D eigenvalue weighted by Gasteiger charge is -2.37. The highest BCUT2D eigenvalue weighted by Crippen LogP contribution is 2.37. The molecule has 0 spiro atoms. The molecule has 1 aliphatic heterocycles. The number of nitrogens with two attached hydrogens (primary N) is 1. The molecule has 24 heavy (non-hydrogen) atoms. The number of para-hydroxylation sites is 2. The Labute approximate surface area is 141 Å². The standard InChI is InChI=1S/C19H23NO4/c1-13(10-14-6-8-15(21)9-7-14)19(22)12-23-16-4-2-3-5-17(16)24-18(19)11-20/h2-9,13,18,21-22H,10-12,20H2,1H3/t13?,18-,19?/m1/s1. The second-order valence-electron chi connectivity index (χ2n) is 6.34. The molecule has 0 bridgehead atoms. The van der Waals surface area contributed by atoms with E-state index in [0.717, 1.165) is 5.56 Å². The van der Waals surface area contributed by atoms with Gasteiger partial charge in [-0.05, 0) is 42.2 Å². The number of rotatable bonds is 4. The zero-order chi connectivity index (χ0) is 17.2. The molecule has 2 aromatic carbocycles. The van der Waals surface area contributed by atoms with Crippen molar-refractivity contribution >= 4 is 0 Å². The van der Waals surface area contributed by atoms with Crippen LogP contribution in [0.4, 0.5) is 0 Å². The first kappa shape index (κ1) is 16.6. The number of aliphatic hydroxyl groups is 1. The second-order valence-corrected chi connectivity index (χ2v) is 6.34. The highest BCUT2D eigenvalue weighted by atomic mass is 16.6. The Balaban J connectivity index is 1.83. The van der Waals surface area contributed by atoms with Crippen molar-refractivity contribution in [2.45, 2.75) is 25.0 Å². The first-order valence-corrected chi connectivity index (χ1v) is 8.12. The van der Waals surface area contributed by atoms with Crippen molar-refractivity contribution in [1.82, 2.24) is 0 Å². The molecule has 0 fully saturated rings. The zero-order valence-electron chi connectivity index (χ0n) is 13.7. The van der Waals surface area contributed by atoms with Crippen molar-refractivity contribution in [3.05, 3.63) is 54.1 Å². The third-order valence-corrected chi connectivity index (χ3v) is 4.68. The smallest absolute Gasteiger partial charge is 0.161 e. The van der Waals surface area contributed by atoms with Crippen molar-refractivity contribution < 1.29 is 19.7 Å². The average Bonchev–Trinajstić information content (AvgIpc) is 2.74. The minimum Gasteiger partial charge on any atom is -0.508 e. The first-order valence-electron chi connectivity index (χ1n) is 8.12. The van der Waals surface area contributed by atoms with Gasteiger partial charge in [0.1, 0.15) is 24.1 Å². The SMILES string of the molecule is CC(Cc1ccc(O)cc1)C1(O)COc2ccccc2O[C@@H]1CN. The maximum Gasteiger partial charge on any atom is 0.161 e. The number of hydrogen-bond acceptors (Lipinski definition) is 5. The van der Waals surface area contributed by atoms with Crippen LogP contribution in [0.15, 0.2) is 48.5 Å². The van der Waals surface area contributed by atoms with Crippen molar-refractivity contribution in [1.29, 1.82) is 0 Å². The molecule has 0 saturated heterocycles. The summed E-state index contributed by atoms with van der Waals surface area (Å²) in [5, 5.41) is 20.7. The topological polar surface area (TPSA) is 84.9 Å². The fourth-order valence-corrected chi connectivity index (χ4v) is 3.08. The van der Waals surface area contributed by atoms with Crippen molar-refractivity contribution in [3.8, 4) is 17.2 Å². The number of aromatic hydroxyl groups is 1. The van der Waals surface area contributed by atoms with E-state index >= 15 is 0 Å². The highest BCUT2D eigenvalue weighted by Gasteiger charge is 2.45. The summed E-state index contributed by atoms with van der Waals surface area (Å²) in [6.45, 7) is 2.26. The number of hydrogen-bond donors (Lipinski definition) is 3. The number of benzene rings is 2. The molecule has 5 heteroatoms. The van der Waals surface area contributed by atoms with Crippen molar-refractivity contribution in [2.75, 3.05) is 13.2 Å². The van der Waals surface area contributed by atoms with E-state index in [2.05, 4.69) is 0 Å². The molecule has 0 aromatic heterocycles. The van der Waals surface area contributed by atoms with Gasteiger partial charge in [0.05, 0.1) is 0 Å². The van der Waals surface area contributed by atoms with Crippen LogP contribution in [-0.2, 0) is 6.42 Å². The van der Waals surface area contributed by atoms with Gasteiger partial charge in [0, 0.05) is 6.54 Å². The molecule has 0 amide bonds. The molecule has 0 saturated carbocycles. The van der Waals surface area contributed by atoms with E-state index in [1.54, 1.807) is 12.1 Å². The fourth-order valence-electron chi connectivity index (χ4n) is 3.08. The molecule has 128 valence electrons. The van der Waals surface area contributed by atoms with Crippen LogP contribution in [0.3, 0.4) is 0 Å². The van der Waals surface area contributed by atoms with Crippen LogP contribution in [0.25, 0.3) is 0 Å². The van der Waals surface area contributed by atoms with Crippen LogP contribution in [0.5, 0.6) is 17.2 Å². The van der Waals surface area contributed by atoms with E-state index < -0.39 is 11.7 Å². The van der Waals surface area contributed by atoms with E-state index in [0.29, 0.717) is 17.9 Å². The third kappa shape index (κ3) is 3.18. The summed E-state index contributed by atoms with van der Waals surface area (Å²) in [5.74, 6) is 1.29. The quantitative estimate of drug-likeness (QED) is 0.800. The third-order valence-electron chi connectivity index (χ3n) is 4.68. The van der Waals surface area contributed by atoms with E-state index in [4.69, 9.17) is 15.2 Å². The van der Waals surface area contributed by atoms with Gasteiger partial charge in [-0.15, -0.1) is 0 Å². The monoisotopic (exact) mass is 329 g/mol. The van der Waals surface area contributed by atoms with Crippen LogP contribution in [0.2, 0.25) is 0 Å². The van der Waals surface area contributed by atoms with Crippen LogP contribution < -0.4 is 15.2 Å². The molecule has 2 unspecified atom stereocenters. The molecule has 0 radical (unpaired) electrons. The number of phenolic OH excluding ortho intramolecular Hbond substituents is 1. The summed E-state index contributed by atoms with van der Waals surface area (Å²) in [6, 6.07) is 14.3. The maximum atomic E-state index is 11.3. The molecule has 5 nitrogen and oxygen atoms in total. The van der Waals surface area contributed by atoms with Crippen LogP contribution in [0, 0.1) is 5.92 Å². The first-order chi connectivity index (χ1) is 11.5. The van der Waals surface area contributed by atoms with Gasteiger partial charge >= 0.3 is 0 Å². The summed E-state index contributed by atoms with van der Waals surface area (Å²) >= 11 is 0. The Morgan fingerprint density at radius 1 is 1.17 bits per heavy atom. The highest BCUT2D eigenvalue weighted by molar-refractivity contribution is 5.40. The van der Waals surface area contributed by atoms with Gasteiger partial charge in [-0.1, -0.05) is 31.2 Å². The Hall–Kier alpha value is -2.24. The number of ether oxygens (including phenoxy) is 2. The Morgan fingerprint density at radius 3 is 2.50 bits per heavy atom. The van der Waals surface area contributed by atoms with E-state index in [9.17, 15) is 10.2 Å². The van der Waals surface area contributed by atoms with Crippen LogP contribution in [0.1, 0.15) is 12.5 Å². The molecule has 1 heterocycles. The minimum atomic E-state index is -1.22. The molecule has 3 rings (SSSR count). The summed E-state index contributed by atoms with van der Waals surface area (Å²) in [4.78, 5) is 0. The lowest BCUT2D eigenvalue weighted by atomic mass is 9.80. The summed E-state index contributed by atoms with van der Waals surface area (Å²) in [5.41, 5.74) is 5.69. The number of fused-ring (bicyclic) bond motifs is 1. The van der Waals surface area contributed by atoms with Crippen LogP contribution in [-0.4, -0.2) is 35.1 Å². The van der Waals surface area contributed by atoms with E-state index in [-0.39, 0.29) is 24.8 Å². The lowest BCUT2D eigenvalue weighted by Crippen LogP contribution is -2.57. The molecular weight excluding hydrogens is 306 g/mol. The predicted molar refractivity (Wildman–Crippen MR) is 91.3 cm³/mol. The van der Waals surface area contributed by atoms with Gasteiger partial charge in [-0.3, -0.25) is 0 Å². The molecule has 4 N–H and O–H groups in total. The largest absolute Gasteiger partial charge is 0.508 e. The zero-order valence-corrected chi connectivity index (χ0v) is 13.7. The molecule has 2 aromatic rings. The molecular formula is C19H23NO4. The lowest BCUT2D eigenvalue weighted by molar-refractivity contribution is -0.108. The van der Waals surface area contributed by atoms with E-state index in [1.807, 2.05) is 43.3 Å². The van der Waals surface area contributed by atoms with Gasteiger partial charge in [-0.2, -0.15) is 0 Å². The minimum absolute atomic E-state index is 0.116. The Bertz CT molecular complexity index is 688. The Morgan fingerprint density at radius 2 is 1.83 bits per heavy atom. The van der Waals surface area contributed by atoms with Gasteiger partial charge in [-0.25, -0.2) is 0 Å². The van der Waals surface area contributed by atoms with Crippen molar-refractivity contribution in [3.63, 3.8) is 0 Å². The van der Waals surface area contributed by atoms with Crippen LogP contribution >= 0.6 is 0 Å². The fraction of sp³-hybridized carbons (Fsp3) is 0.368. The maximum absolute atomic E-state index is 11.3. The summed E-state index contributed by atoms with van der Waals surface area (Å²) in [7, 11) is 0. The normalized spacial score (nSPS) is 24.2. The molecule has 3 atom stereocenters. The van der Waals surface area contributed by atoms with Gasteiger partial charge in [0.15, 0.2) is 11.5 Å². The predicted octanol–water partition coefficient (Wildman–Crippen LogP) is 2.10. The van der Waals surface area contributed by atoms with Gasteiger partial charge in [0.25, 0.3) is 0 Å². The van der Waals surface area contributed by atoms with Gasteiger partial charge < -0.3 is 25.4 Å². The Kier molecular flexibility index (Phi) is 4.64. The van der Waals surface area contributed by atoms with E-state index in [1.165, 1.54) is 0 Å². The van der Waals surface area contributed by atoms with Crippen molar-refractivity contribution in [2.24, 2.45) is 11.7 Å². The number of phenols is 1. The summed E-state index contributed by atoms with van der Waals surface area (Å²) in [6.07, 6.45) is 0.0596.